The van der Waals surface area contributed by atoms with E-state index < -0.39 is 37.0 Å². The van der Waals surface area contributed by atoms with Crippen molar-refractivity contribution in [3.63, 3.8) is 0 Å². The molecule has 0 unspecified atom stereocenters. The van der Waals surface area contributed by atoms with E-state index >= 15 is 0 Å². The Morgan fingerprint density at radius 3 is 2.73 bits per heavy atom. The molecule has 0 aromatic carbocycles. The highest BCUT2D eigenvalue weighted by atomic mass is 16.6. The Kier molecular flexibility index (Phi) is 4.66. The van der Waals surface area contributed by atoms with E-state index in [4.69, 9.17) is 20.7 Å². The summed E-state index contributed by atoms with van der Waals surface area (Å²) in [6.45, 7) is -0.507. The van der Waals surface area contributed by atoms with Gasteiger partial charge in [0.15, 0.2) is 0 Å². The summed E-state index contributed by atoms with van der Waals surface area (Å²) in [4.78, 5) is 23.7. The maximum Gasteiger partial charge on any atom is 0.352 e. The van der Waals surface area contributed by atoms with Gasteiger partial charge in [-0.05, 0) is 6.08 Å². The van der Waals surface area contributed by atoms with Gasteiger partial charge >= 0.3 is 12.0 Å². The van der Waals surface area contributed by atoms with Crippen LogP contribution in [-0.2, 0) is 9.53 Å². The quantitative estimate of drug-likeness (QED) is 0.306. The average molecular weight is 315 g/mol. The van der Waals surface area contributed by atoms with Gasteiger partial charge in [-0.3, -0.25) is 10.1 Å². The second-order valence-corrected chi connectivity index (χ2v) is 4.92. The van der Waals surface area contributed by atoms with Crippen LogP contribution in [0.4, 0.5) is 4.79 Å². The number of ether oxygens (including phenoxy) is 1. The van der Waals surface area contributed by atoms with Crippen molar-refractivity contribution in [3.05, 3.63) is 23.5 Å². The summed E-state index contributed by atoms with van der Waals surface area (Å²) in [5, 5.41) is 37.3. The minimum Gasteiger partial charge on any atom is -0.478 e. The molecule has 0 aromatic rings. The number of hydrogen-bond donors (Lipinski definition) is 5. The predicted octanol–water partition coefficient (Wildman–Crippen LogP) is -1.61. The summed E-state index contributed by atoms with van der Waals surface area (Å²) in [6.07, 6.45) is -0.598. The Balaban J connectivity index is 2.21. The lowest BCUT2D eigenvalue weighted by atomic mass is 10.1. The summed E-state index contributed by atoms with van der Waals surface area (Å²) >= 11 is 0. The van der Waals surface area contributed by atoms with E-state index in [1.165, 1.54) is 0 Å². The Morgan fingerprint density at radius 1 is 1.50 bits per heavy atom. The largest absolute Gasteiger partial charge is 0.478 e. The van der Waals surface area contributed by atoms with Crippen LogP contribution in [-0.4, -0.2) is 74.1 Å². The summed E-state index contributed by atoms with van der Waals surface area (Å²) in [6, 6.07) is -0.860. The Labute approximate surface area is 125 Å². The third-order valence-corrected chi connectivity index (χ3v) is 3.48. The van der Waals surface area contributed by atoms with Crippen molar-refractivity contribution in [3.8, 4) is 0 Å². The number of aliphatic hydroxyl groups excluding tert-OH is 2. The van der Waals surface area contributed by atoms with Crippen LogP contribution in [0.3, 0.4) is 0 Å². The molecule has 0 bridgehead atoms. The van der Waals surface area contributed by atoms with Crippen molar-refractivity contribution in [2.45, 2.75) is 24.9 Å². The van der Waals surface area contributed by atoms with Crippen LogP contribution < -0.4 is 5.73 Å². The number of urea groups is 1. The Morgan fingerprint density at radius 2 is 2.18 bits per heavy atom. The van der Waals surface area contributed by atoms with Crippen LogP contribution in [0.5, 0.6) is 0 Å². The number of carbonyl (C=O) groups is 2. The number of hydrogen-bond acceptors (Lipinski definition) is 7. The van der Waals surface area contributed by atoms with Gasteiger partial charge in [-0.25, -0.2) is 9.59 Å². The molecule has 2 amide bonds. The molecule has 3 atom stereocenters. The number of hydroxylamine groups is 2. The minimum absolute atomic E-state index is 0.0562. The molecule has 0 radical (unpaired) electrons. The number of carboxylic acid groups (broad SMARTS) is 1. The molecule has 10 nitrogen and oxygen atoms in total. The topological polar surface area (TPSA) is 157 Å². The number of amides is 2. The van der Waals surface area contributed by atoms with Crippen LogP contribution in [0, 0.1) is 0 Å². The average Bonchev–Trinajstić information content (AvgIpc) is 2.84. The van der Waals surface area contributed by atoms with E-state index in [9.17, 15) is 19.9 Å². The minimum atomic E-state index is -1.21. The molecule has 2 rings (SSSR count). The molecule has 6 N–H and O–H groups in total. The highest BCUT2D eigenvalue weighted by Crippen LogP contribution is 2.27. The number of rotatable bonds is 4. The summed E-state index contributed by atoms with van der Waals surface area (Å²) in [7, 11) is 0. The summed E-state index contributed by atoms with van der Waals surface area (Å²) < 4.78 is 5.35. The number of carboxylic acids is 1. The Bertz CT molecular complexity index is 533. The standard InChI is InChI=1S/C12H17N3O7/c13-11-6(1-2-10(18)19)4-14(12(20)15(11)21)9-3-7(17)8(5-16)22-9/h1-2,7-9,16-17,21H,3-5,13H2,(H,18,19)/t7-,8+,9+/m0/s1. The summed E-state index contributed by atoms with van der Waals surface area (Å²) in [5.41, 5.74) is 5.78. The third kappa shape index (κ3) is 3.04. The second-order valence-electron chi connectivity index (χ2n) is 4.92. The van der Waals surface area contributed by atoms with E-state index in [0.29, 0.717) is 0 Å². The van der Waals surface area contributed by atoms with Gasteiger partial charge in [0.25, 0.3) is 0 Å². The smallest absolute Gasteiger partial charge is 0.352 e. The van der Waals surface area contributed by atoms with Gasteiger partial charge in [0.1, 0.15) is 18.2 Å². The zero-order valence-electron chi connectivity index (χ0n) is 11.5. The maximum absolute atomic E-state index is 12.0. The lowest BCUT2D eigenvalue weighted by molar-refractivity contribution is -0.131. The first kappa shape index (κ1) is 16.2. The van der Waals surface area contributed by atoms with Crippen molar-refractivity contribution in [2.75, 3.05) is 13.2 Å². The monoisotopic (exact) mass is 315 g/mol. The normalized spacial score (nSPS) is 29.8. The van der Waals surface area contributed by atoms with Crippen LogP contribution in [0.1, 0.15) is 6.42 Å². The molecular formula is C12H17N3O7. The first-order chi connectivity index (χ1) is 10.3. The highest BCUT2D eigenvalue weighted by molar-refractivity contribution is 5.81. The first-order valence-electron chi connectivity index (χ1n) is 6.48. The number of nitrogens with two attached hydrogens (primary N) is 1. The summed E-state index contributed by atoms with van der Waals surface area (Å²) in [5.74, 6) is -1.49. The molecular weight excluding hydrogens is 298 g/mol. The Hall–Kier alpha value is -2.14. The molecule has 2 aliphatic heterocycles. The van der Waals surface area contributed by atoms with E-state index in [1.807, 2.05) is 0 Å². The number of aliphatic hydroxyl groups is 2. The maximum atomic E-state index is 12.0. The van der Waals surface area contributed by atoms with Gasteiger partial charge in [-0.1, -0.05) is 0 Å². The number of aliphatic carboxylic acids is 1. The lowest BCUT2D eigenvalue weighted by Crippen LogP contribution is -2.52. The molecule has 22 heavy (non-hydrogen) atoms. The molecule has 0 spiro atoms. The van der Waals surface area contributed by atoms with Crippen molar-refractivity contribution < 1.29 is 34.9 Å². The first-order valence-corrected chi connectivity index (χ1v) is 6.48. The van der Waals surface area contributed by atoms with Gasteiger partial charge in [-0.15, -0.1) is 0 Å². The van der Waals surface area contributed by atoms with E-state index in [0.717, 1.165) is 17.1 Å². The molecule has 1 fully saturated rings. The van der Waals surface area contributed by atoms with Crippen LogP contribution in [0.25, 0.3) is 0 Å². The molecule has 0 saturated carbocycles. The molecule has 122 valence electrons. The van der Waals surface area contributed by atoms with E-state index in [2.05, 4.69) is 0 Å². The zero-order chi connectivity index (χ0) is 16.4. The lowest BCUT2D eigenvalue weighted by Gasteiger charge is -2.36. The van der Waals surface area contributed by atoms with Crippen molar-refractivity contribution in [2.24, 2.45) is 5.73 Å². The second kappa shape index (κ2) is 6.32. The van der Waals surface area contributed by atoms with Crippen molar-refractivity contribution in [1.29, 1.82) is 0 Å². The van der Waals surface area contributed by atoms with Gasteiger partial charge in [0.05, 0.1) is 19.3 Å². The van der Waals surface area contributed by atoms with Crippen molar-refractivity contribution >= 4 is 12.0 Å². The highest BCUT2D eigenvalue weighted by Gasteiger charge is 2.42. The number of carbonyl (C=O) groups excluding carboxylic acids is 1. The molecule has 1 saturated heterocycles. The fraction of sp³-hybridized carbons (Fsp3) is 0.500. The zero-order valence-corrected chi connectivity index (χ0v) is 11.5. The van der Waals surface area contributed by atoms with Gasteiger partial charge in [0, 0.05) is 18.1 Å². The van der Waals surface area contributed by atoms with Gasteiger partial charge in [0.2, 0.25) is 0 Å². The SMILES string of the molecule is NC1=C(C=CC(=O)O)CN([C@H]2C[C@H](O)[C@@H](CO)O2)C(=O)N1O. The van der Waals surface area contributed by atoms with Crippen LogP contribution in [0.2, 0.25) is 0 Å². The van der Waals surface area contributed by atoms with Crippen LogP contribution >= 0.6 is 0 Å². The predicted molar refractivity (Wildman–Crippen MR) is 70.1 cm³/mol. The van der Waals surface area contributed by atoms with E-state index in [-0.39, 0.29) is 29.4 Å². The fourth-order valence-corrected chi connectivity index (χ4v) is 2.30. The fourth-order valence-electron chi connectivity index (χ4n) is 2.30. The molecule has 2 heterocycles. The molecule has 0 aromatic heterocycles. The third-order valence-electron chi connectivity index (χ3n) is 3.48. The molecule has 2 aliphatic rings. The van der Waals surface area contributed by atoms with E-state index in [1.54, 1.807) is 0 Å². The van der Waals surface area contributed by atoms with Crippen molar-refractivity contribution in [1.82, 2.24) is 9.96 Å². The van der Waals surface area contributed by atoms with Gasteiger partial charge in [-0.2, -0.15) is 5.06 Å². The molecule has 10 heteroatoms. The molecule has 0 aliphatic carbocycles. The number of nitrogens with zero attached hydrogens (tertiary/aromatic N) is 2. The van der Waals surface area contributed by atoms with Gasteiger partial charge < -0.3 is 25.8 Å². The van der Waals surface area contributed by atoms with Crippen LogP contribution in [0.15, 0.2) is 23.5 Å².